The van der Waals surface area contributed by atoms with Gasteiger partial charge in [0.05, 0.1) is 0 Å². The van der Waals surface area contributed by atoms with Crippen LogP contribution in [0.3, 0.4) is 0 Å². The largest absolute Gasteiger partial charge is 0.439 e. The van der Waals surface area contributed by atoms with E-state index in [1.54, 1.807) is 0 Å². The lowest BCUT2D eigenvalue weighted by Crippen LogP contribution is -1.68. The molecule has 0 aliphatic heterocycles. The fraction of sp³-hybridized carbons (Fsp3) is 0. The smallest absolute Gasteiger partial charge is 0.239 e. The highest BCUT2D eigenvalue weighted by Crippen LogP contribution is 2.03. The second kappa shape index (κ2) is 1.66. The Bertz CT molecular complexity index is 223. The van der Waals surface area contributed by atoms with Crippen molar-refractivity contribution in [2.45, 2.75) is 0 Å². The number of nitriles is 1. The number of hydrogen-bond donors (Lipinski definition) is 0. The standard InChI is InChI=1S/C5HFNO/c6-4-1-2-8-5(4)3-7/h1H. The first-order chi connectivity index (χ1) is 3.84. The minimum atomic E-state index is -0.660. The van der Waals surface area contributed by atoms with Crippen molar-refractivity contribution < 1.29 is 8.81 Å². The summed E-state index contributed by atoms with van der Waals surface area (Å²) in [6.07, 6.45) is 2.08. The summed E-state index contributed by atoms with van der Waals surface area (Å²) in [4.78, 5) is 0. The van der Waals surface area contributed by atoms with Gasteiger partial charge < -0.3 is 4.42 Å². The van der Waals surface area contributed by atoms with E-state index in [-0.39, 0.29) is 5.76 Å². The third-order valence-corrected chi connectivity index (χ3v) is 0.665. The zero-order valence-corrected chi connectivity index (χ0v) is 3.81. The fourth-order valence-electron chi connectivity index (χ4n) is 0.331. The van der Waals surface area contributed by atoms with Crippen LogP contribution in [0.15, 0.2) is 10.5 Å². The number of nitrogens with zero attached hydrogens (tertiary/aromatic N) is 1. The van der Waals surface area contributed by atoms with Crippen molar-refractivity contribution in [1.82, 2.24) is 0 Å². The summed E-state index contributed by atoms with van der Waals surface area (Å²) in [6, 6.07) is 2.47. The molecule has 0 saturated heterocycles. The summed E-state index contributed by atoms with van der Waals surface area (Å²) in [5.41, 5.74) is 0. The molecule has 3 heteroatoms. The molecule has 0 bridgehead atoms. The molecule has 0 amide bonds. The van der Waals surface area contributed by atoms with Gasteiger partial charge in [0, 0.05) is 6.07 Å². The molecular weight excluding hydrogens is 109 g/mol. The normalized spacial score (nSPS) is 8.50. The molecule has 0 saturated carbocycles. The molecule has 0 unspecified atom stereocenters. The summed E-state index contributed by atoms with van der Waals surface area (Å²) in [5, 5.41) is 8.00. The molecule has 0 aliphatic rings. The lowest BCUT2D eigenvalue weighted by molar-refractivity contribution is 0.511. The Hall–Kier alpha value is -1.30. The molecule has 1 rings (SSSR count). The van der Waals surface area contributed by atoms with Crippen molar-refractivity contribution in [3.63, 3.8) is 0 Å². The molecule has 0 N–H and O–H groups in total. The van der Waals surface area contributed by atoms with Gasteiger partial charge in [-0.15, -0.1) is 0 Å². The van der Waals surface area contributed by atoms with Crippen LogP contribution in [0.25, 0.3) is 0 Å². The summed E-state index contributed by atoms with van der Waals surface area (Å²) in [7, 11) is 0. The maximum atomic E-state index is 12.0. The number of hydrogen-bond acceptors (Lipinski definition) is 2. The van der Waals surface area contributed by atoms with Gasteiger partial charge in [0.25, 0.3) is 0 Å². The molecule has 2 nitrogen and oxygen atoms in total. The van der Waals surface area contributed by atoms with E-state index in [4.69, 9.17) is 5.26 Å². The zero-order valence-electron chi connectivity index (χ0n) is 3.81. The lowest BCUT2D eigenvalue weighted by Gasteiger charge is -1.71. The Kier molecular flexibility index (Phi) is 1.01. The van der Waals surface area contributed by atoms with Gasteiger partial charge in [0.1, 0.15) is 6.07 Å². The van der Waals surface area contributed by atoms with Crippen molar-refractivity contribution in [2.24, 2.45) is 0 Å². The molecule has 8 heavy (non-hydrogen) atoms. The highest BCUT2D eigenvalue weighted by atomic mass is 19.1. The molecule has 1 aromatic heterocycles. The number of rotatable bonds is 0. The summed E-state index contributed by atoms with van der Waals surface area (Å²) >= 11 is 0. The fourth-order valence-corrected chi connectivity index (χ4v) is 0.331. The van der Waals surface area contributed by atoms with Gasteiger partial charge in [-0.3, -0.25) is 0 Å². The lowest BCUT2D eigenvalue weighted by atomic mass is 10.5. The van der Waals surface area contributed by atoms with Crippen LogP contribution in [0.4, 0.5) is 4.39 Å². The van der Waals surface area contributed by atoms with Crippen LogP contribution in [0.1, 0.15) is 5.76 Å². The van der Waals surface area contributed by atoms with Crippen LogP contribution < -0.4 is 0 Å². The average Bonchev–Trinajstić information content (AvgIpc) is 2.14. The average molecular weight is 110 g/mol. The first-order valence-corrected chi connectivity index (χ1v) is 1.90. The second-order valence-corrected chi connectivity index (χ2v) is 1.15. The Morgan fingerprint density at radius 1 is 1.88 bits per heavy atom. The Morgan fingerprint density at radius 3 is 2.88 bits per heavy atom. The highest BCUT2D eigenvalue weighted by molar-refractivity contribution is 5.16. The molecule has 1 heterocycles. The molecule has 0 aromatic carbocycles. The predicted molar refractivity (Wildman–Crippen MR) is 22.2 cm³/mol. The minimum absolute atomic E-state index is 0.315. The van der Waals surface area contributed by atoms with E-state index in [1.807, 2.05) is 0 Å². The summed E-state index contributed by atoms with van der Waals surface area (Å²) < 4.78 is 16.3. The molecule has 0 atom stereocenters. The Balaban J connectivity index is 3.15. The van der Waals surface area contributed by atoms with E-state index >= 15 is 0 Å². The highest BCUT2D eigenvalue weighted by Gasteiger charge is 2.01. The monoisotopic (exact) mass is 110 g/mol. The van der Waals surface area contributed by atoms with E-state index in [2.05, 4.69) is 10.7 Å². The maximum Gasteiger partial charge on any atom is 0.239 e. The van der Waals surface area contributed by atoms with E-state index in [0.717, 1.165) is 6.07 Å². The Labute approximate surface area is 45.1 Å². The van der Waals surface area contributed by atoms with Gasteiger partial charge in [-0.25, -0.2) is 4.39 Å². The van der Waals surface area contributed by atoms with Crippen LogP contribution in [0, 0.1) is 23.4 Å². The summed E-state index contributed by atoms with van der Waals surface area (Å²) in [6.45, 7) is 0. The van der Waals surface area contributed by atoms with E-state index in [9.17, 15) is 4.39 Å². The van der Waals surface area contributed by atoms with Crippen molar-refractivity contribution >= 4 is 0 Å². The molecule has 0 aliphatic carbocycles. The van der Waals surface area contributed by atoms with Crippen LogP contribution in [0.2, 0.25) is 0 Å². The van der Waals surface area contributed by atoms with Crippen LogP contribution >= 0.6 is 0 Å². The van der Waals surface area contributed by atoms with E-state index < -0.39 is 5.82 Å². The van der Waals surface area contributed by atoms with Crippen LogP contribution in [-0.2, 0) is 0 Å². The van der Waals surface area contributed by atoms with E-state index in [0.29, 0.717) is 0 Å². The maximum absolute atomic E-state index is 12.0. The molecule has 1 aromatic rings. The minimum Gasteiger partial charge on any atom is -0.439 e. The molecule has 39 valence electrons. The van der Waals surface area contributed by atoms with Crippen molar-refractivity contribution in [3.05, 3.63) is 23.9 Å². The third kappa shape index (κ3) is 0.562. The quantitative estimate of drug-likeness (QED) is 0.501. The first-order valence-electron chi connectivity index (χ1n) is 1.90. The molecule has 0 fully saturated rings. The third-order valence-electron chi connectivity index (χ3n) is 0.665. The van der Waals surface area contributed by atoms with E-state index in [1.165, 1.54) is 6.07 Å². The zero-order chi connectivity index (χ0) is 5.98. The molecule has 1 radical (unpaired) electrons. The van der Waals surface area contributed by atoms with Gasteiger partial charge >= 0.3 is 0 Å². The van der Waals surface area contributed by atoms with Gasteiger partial charge in [-0.1, -0.05) is 0 Å². The van der Waals surface area contributed by atoms with Gasteiger partial charge in [-0.2, -0.15) is 5.26 Å². The van der Waals surface area contributed by atoms with Crippen molar-refractivity contribution in [2.75, 3.05) is 0 Å². The van der Waals surface area contributed by atoms with Crippen LogP contribution in [-0.4, -0.2) is 0 Å². The first kappa shape index (κ1) is 4.85. The topological polar surface area (TPSA) is 36.9 Å². The van der Waals surface area contributed by atoms with Gasteiger partial charge in [0.2, 0.25) is 5.76 Å². The SMILES string of the molecule is N#Cc1o[c]cc1F. The van der Waals surface area contributed by atoms with Gasteiger partial charge in [0.15, 0.2) is 12.1 Å². The second-order valence-electron chi connectivity index (χ2n) is 1.15. The van der Waals surface area contributed by atoms with Crippen molar-refractivity contribution in [3.8, 4) is 6.07 Å². The van der Waals surface area contributed by atoms with Crippen LogP contribution in [0.5, 0.6) is 0 Å². The number of halogens is 1. The Morgan fingerprint density at radius 2 is 2.62 bits per heavy atom. The summed E-state index contributed by atoms with van der Waals surface area (Å²) in [5.74, 6) is -0.975. The predicted octanol–water partition coefficient (Wildman–Crippen LogP) is 1.09. The molecule has 0 spiro atoms. The van der Waals surface area contributed by atoms with Crippen molar-refractivity contribution in [1.29, 1.82) is 5.26 Å². The van der Waals surface area contributed by atoms with Gasteiger partial charge in [-0.05, 0) is 0 Å². The molecular formula is C5HFNO. The number of furan rings is 1.